The van der Waals surface area contributed by atoms with Gasteiger partial charge in [0.05, 0.1) is 6.61 Å². The molecular formula is C13H28N2O. The van der Waals surface area contributed by atoms with E-state index in [2.05, 4.69) is 17.1 Å². The highest BCUT2D eigenvalue weighted by Gasteiger charge is 2.09. The average molecular weight is 228 g/mol. The van der Waals surface area contributed by atoms with Gasteiger partial charge in [-0.25, -0.2) is 0 Å². The molecule has 0 aromatic rings. The van der Waals surface area contributed by atoms with Crippen molar-refractivity contribution in [3.05, 3.63) is 0 Å². The predicted octanol–water partition coefficient (Wildman–Crippen LogP) is 1.88. The van der Waals surface area contributed by atoms with Gasteiger partial charge in [-0.2, -0.15) is 0 Å². The molecule has 0 aromatic carbocycles. The van der Waals surface area contributed by atoms with E-state index in [4.69, 9.17) is 4.74 Å². The van der Waals surface area contributed by atoms with Crippen molar-refractivity contribution in [2.75, 3.05) is 45.9 Å². The van der Waals surface area contributed by atoms with Gasteiger partial charge in [0.1, 0.15) is 0 Å². The van der Waals surface area contributed by atoms with Crippen LogP contribution in [-0.4, -0.2) is 50.8 Å². The van der Waals surface area contributed by atoms with Gasteiger partial charge in [0, 0.05) is 13.2 Å². The normalized spacial score (nSPS) is 17.1. The van der Waals surface area contributed by atoms with E-state index in [9.17, 15) is 0 Å². The number of rotatable bonds is 10. The highest BCUT2D eigenvalue weighted by atomic mass is 16.5. The van der Waals surface area contributed by atoms with Crippen molar-refractivity contribution in [3.63, 3.8) is 0 Å². The van der Waals surface area contributed by atoms with Crippen LogP contribution in [0.5, 0.6) is 0 Å². The van der Waals surface area contributed by atoms with Gasteiger partial charge in [-0.1, -0.05) is 6.92 Å². The van der Waals surface area contributed by atoms with Gasteiger partial charge >= 0.3 is 0 Å². The maximum Gasteiger partial charge on any atom is 0.0593 e. The molecule has 1 aliphatic rings. The van der Waals surface area contributed by atoms with E-state index in [1.807, 2.05) is 0 Å². The molecule has 1 heterocycles. The van der Waals surface area contributed by atoms with Crippen molar-refractivity contribution >= 4 is 0 Å². The Balaban J connectivity index is 1.71. The minimum absolute atomic E-state index is 0.924. The zero-order valence-corrected chi connectivity index (χ0v) is 10.8. The van der Waals surface area contributed by atoms with Crippen molar-refractivity contribution in [1.29, 1.82) is 0 Å². The van der Waals surface area contributed by atoms with Crippen LogP contribution in [0.3, 0.4) is 0 Å². The quantitative estimate of drug-likeness (QED) is 0.578. The third kappa shape index (κ3) is 7.20. The molecule has 3 nitrogen and oxygen atoms in total. The molecule has 0 amide bonds. The third-order valence-electron chi connectivity index (χ3n) is 3.14. The Kier molecular flexibility index (Phi) is 8.77. The summed E-state index contributed by atoms with van der Waals surface area (Å²) >= 11 is 0. The molecule has 0 aliphatic carbocycles. The Bertz CT molecular complexity index is 147. The van der Waals surface area contributed by atoms with Crippen LogP contribution in [0.15, 0.2) is 0 Å². The van der Waals surface area contributed by atoms with E-state index in [0.29, 0.717) is 0 Å². The van der Waals surface area contributed by atoms with Crippen molar-refractivity contribution in [3.8, 4) is 0 Å². The summed E-state index contributed by atoms with van der Waals surface area (Å²) in [5, 5.41) is 3.34. The smallest absolute Gasteiger partial charge is 0.0593 e. The van der Waals surface area contributed by atoms with E-state index in [0.717, 1.165) is 32.8 Å². The lowest BCUT2D eigenvalue weighted by Gasteiger charge is -2.14. The summed E-state index contributed by atoms with van der Waals surface area (Å²) in [6, 6.07) is 0. The summed E-state index contributed by atoms with van der Waals surface area (Å²) in [6.45, 7) is 9.97. The average Bonchev–Trinajstić information content (AvgIpc) is 2.80. The van der Waals surface area contributed by atoms with Crippen LogP contribution < -0.4 is 5.32 Å². The first-order valence-corrected chi connectivity index (χ1v) is 6.94. The lowest BCUT2D eigenvalue weighted by molar-refractivity contribution is 0.108. The summed E-state index contributed by atoms with van der Waals surface area (Å²) < 4.78 is 5.64. The molecular weight excluding hydrogens is 200 g/mol. The molecule has 16 heavy (non-hydrogen) atoms. The molecule has 1 saturated heterocycles. The summed E-state index contributed by atoms with van der Waals surface area (Å²) in [4.78, 5) is 2.51. The van der Waals surface area contributed by atoms with Gasteiger partial charge in [0.2, 0.25) is 0 Å². The van der Waals surface area contributed by atoms with Crippen LogP contribution in [0.4, 0.5) is 0 Å². The van der Waals surface area contributed by atoms with E-state index < -0.39 is 0 Å². The lowest BCUT2D eigenvalue weighted by atomic mass is 10.2. The number of hydrogen-bond acceptors (Lipinski definition) is 3. The predicted molar refractivity (Wildman–Crippen MR) is 68.9 cm³/mol. The zero-order valence-electron chi connectivity index (χ0n) is 10.8. The molecule has 0 unspecified atom stereocenters. The van der Waals surface area contributed by atoms with Crippen molar-refractivity contribution in [2.24, 2.45) is 0 Å². The Morgan fingerprint density at radius 2 is 1.88 bits per heavy atom. The maximum atomic E-state index is 5.64. The van der Waals surface area contributed by atoms with Gasteiger partial charge in [-0.15, -0.1) is 0 Å². The van der Waals surface area contributed by atoms with Crippen LogP contribution in [0.1, 0.15) is 39.0 Å². The van der Waals surface area contributed by atoms with Gasteiger partial charge < -0.3 is 15.0 Å². The molecule has 0 spiro atoms. The molecule has 1 fully saturated rings. The monoisotopic (exact) mass is 228 g/mol. The molecule has 0 saturated carbocycles. The zero-order chi connectivity index (χ0) is 11.5. The van der Waals surface area contributed by atoms with E-state index in [1.165, 1.54) is 45.2 Å². The molecule has 96 valence electrons. The SMILES string of the molecule is CCNCCCCCOCCN1CCCC1. The van der Waals surface area contributed by atoms with Crippen molar-refractivity contribution in [1.82, 2.24) is 10.2 Å². The number of nitrogens with zero attached hydrogens (tertiary/aromatic N) is 1. The molecule has 0 bridgehead atoms. The summed E-state index contributed by atoms with van der Waals surface area (Å²) in [6.07, 6.45) is 6.54. The summed E-state index contributed by atoms with van der Waals surface area (Å²) in [7, 11) is 0. The highest BCUT2D eigenvalue weighted by molar-refractivity contribution is 4.65. The van der Waals surface area contributed by atoms with Gasteiger partial charge in [-0.3, -0.25) is 0 Å². The van der Waals surface area contributed by atoms with Gasteiger partial charge in [-0.05, 0) is 58.3 Å². The fourth-order valence-corrected chi connectivity index (χ4v) is 2.11. The van der Waals surface area contributed by atoms with E-state index in [1.54, 1.807) is 0 Å². The Morgan fingerprint density at radius 3 is 2.62 bits per heavy atom. The number of unbranched alkanes of at least 4 members (excludes halogenated alkanes) is 2. The minimum atomic E-state index is 0.924. The fraction of sp³-hybridized carbons (Fsp3) is 1.00. The topological polar surface area (TPSA) is 24.5 Å². The van der Waals surface area contributed by atoms with Crippen LogP contribution >= 0.6 is 0 Å². The second-order valence-corrected chi connectivity index (χ2v) is 4.58. The third-order valence-corrected chi connectivity index (χ3v) is 3.14. The van der Waals surface area contributed by atoms with Gasteiger partial charge in [0.15, 0.2) is 0 Å². The summed E-state index contributed by atoms with van der Waals surface area (Å²) in [5.74, 6) is 0. The Morgan fingerprint density at radius 1 is 1.06 bits per heavy atom. The minimum Gasteiger partial charge on any atom is -0.380 e. The Hall–Kier alpha value is -0.120. The Labute approximate surface area is 101 Å². The second kappa shape index (κ2) is 10.1. The largest absolute Gasteiger partial charge is 0.380 e. The molecule has 3 heteroatoms. The lowest BCUT2D eigenvalue weighted by Crippen LogP contribution is -2.24. The first-order valence-electron chi connectivity index (χ1n) is 6.94. The van der Waals surface area contributed by atoms with E-state index in [-0.39, 0.29) is 0 Å². The second-order valence-electron chi connectivity index (χ2n) is 4.58. The molecule has 0 atom stereocenters. The molecule has 0 radical (unpaired) electrons. The molecule has 1 N–H and O–H groups in total. The van der Waals surface area contributed by atoms with Crippen molar-refractivity contribution in [2.45, 2.75) is 39.0 Å². The van der Waals surface area contributed by atoms with Crippen molar-refractivity contribution < 1.29 is 4.74 Å². The first-order chi connectivity index (χ1) is 7.93. The number of nitrogens with one attached hydrogen (secondary N) is 1. The highest BCUT2D eigenvalue weighted by Crippen LogP contribution is 2.06. The summed E-state index contributed by atoms with van der Waals surface area (Å²) in [5.41, 5.74) is 0. The standard InChI is InChI=1S/C13H28N2O/c1-2-14-8-4-3-7-12-16-13-11-15-9-5-6-10-15/h14H,2-13H2,1H3. The fourth-order valence-electron chi connectivity index (χ4n) is 2.11. The molecule has 1 aliphatic heterocycles. The van der Waals surface area contributed by atoms with Crippen LogP contribution in [0.2, 0.25) is 0 Å². The van der Waals surface area contributed by atoms with E-state index >= 15 is 0 Å². The van der Waals surface area contributed by atoms with Crippen LogP contribution in [0, 0.1) is 0 Å². The first kappa shape index (κ1) is 13.9. The maximum absolute atomic E-state index is 5.64. The van der Waals surface area contributed by atoms with Crippen LogP contribution in [-0.2, 0) is 4.74 Å². The number of hydrogen-bond donors (Lipinski definition) is 1. The number of likely N-dealkylation sites (tertiary alicyclic amines) is 1. The molecule has 0 aromatic heterocycles. The number of ether oxygens (including phenoxy) is 1. The molecule has 1 rings (SSSR count). The van der Waals surface area contributed by atoms with Crippen LogP contribution in [0.25, 0.3) is 0 Å². The van der Waals surface area contributed by atoms with Gasteiger partial charge in [0.25, 0.3) is 0 Å².